The van der Waals surface area contributed by atoms with E-state index in [9.17, 15) is 9.59 Å². The van der Waals surface area contributed by atoms with Crippen molar-refractivity contribution in [2.45, 2.75) is 6.61 Å². The molecule has 33 heavy (non-hydrogen) atoms. The van der Waals surface area contributed by atoms with Gasteiger partial charge in [0.1, 0.15) is 17.9 Å². The van der Waals surface area contributed by atoms with E-state index in [1.54, 1.807) is 36.4 Å². The molecule has 0 amide bonds. The zero-order valence-electron chi connectivity index (χ0n) is 18.3. The van der Waals surface area contributed by atoms with Crippen molar-refractivity contribution in [1.82, 2.24) is 0 Å². The molecule has 0 fully saturated rings. The molecule has 0 heterocycles. The van der Waals surface area contributed by atoms with Crippen LogP contribution in [0, 0.1) is 0 Å². The predicted octanol–water partition coefficient (Wildman–Crippen LogP) is 6.08. The Kier molecular flexibility index (Phi) is 8.61. The number of rotatable bonds is 9. The highest BCUT2D eigenvalue weighted by atomic mass is 79.9. The first-order chi connectivity index (χ1) is 16.0. The van der Waals surface area contributed by atoms with Crippen molar-refractivity contribution in [3.8, 4) is 5.75 Å². The summed E-state index contributed by atoms with van der Waals surface area (Å²) in [6.07, 6.45) is 4.63. The lowest BCUT2D eigenvalue weighted by Crippen LogP contribution is -2.09. The van der Waals surface area contributed by atoms with Gasteiger partial charge in [0.25, 0.3) is 0 Å². The molecular weight excluding hydrogens is 484 g/mol. The third-order valence-corrected chi connectivity index (χ3v) is 5.25. The third kappa shape index (κ3) is 6.43. The molecule has 0 aliphatic rings. The van der Waals surface area contributed by atoms with E-state index in [-0.39, 0.29) is 18.0 Å². The maximum Gasteiger partial charge on any atom is 0.341 e. The molecule has 0 radical (unpaired) electrons. The molecule has 168 valence electrons. The number of para-hydroxylation sites is 1. The summed E-state index contributed by atoms with van der Waals surface area (Å²) in [5.41, 5.74) is 3.01. The minimum Gasteiger partial charge on any atom is -0.503 e. The monoisotopic (exact) mass is 506 g/mol. The van der Waals surface area contributed by atoms with Crippen molar-refractivity contribution in [2.75, 3.05) is 14.2 Å². The number of ether oxygens (including phenoxy) is 3. The minimum atomic E-state index is -0.516. The summed E-state index contributed by atoms with van der Waals surface area (Å²) in [7, 11) is 2.78. The van der Waals surface area contributed by atoms with Crippen LogP contribution >= 0.6 is 15.9 Å². The summed E-state index contributed by atoms with van der Waals surface area (Å²) in [5, 5.41) is 0. The van der Waals surface area contributed by atoms with Crippen LogP contribution in [0.25, 0.3) is 11.6 Å². The summed E-state index contributed by atoms with van der Waals surface area (Å²) in [5.74, 6) is -0.238. The number of carbonyl (C=O) groups is 2. The van der Waals surface area contributed by atoms with Gasteiger partial charge in [-0.05, 0) is 47.0 Å². The number of methoxy groups -OCH3 is 2. The molecule has 0 saturated heterocycles. The van der Waals surface area contributed by atoms with Crippen LogP contribution in [-0.2, 0) is 20.9 Å². The summed E-state index contributed by atoms with van der Waals surface area (Å²) in [6.45, 7) is 0.147. The second-order valence-electron chi connectivity index (χ2n) is 6.95. The Hall–Kier alpha value is -3.64. The van der Waals surface area contributed by atoms with E-state index in [0.717, 1.165) is 15.6 Å². The molecule has 6 heteroatoms. The van der Waals surface area contributed by atoms with E-state index in [1.807, 2.05) is 42.5 Å². The van der Waals surface area contributed by atoms with E-state index in [4.69, 9.17) is 14.2 Å². The average molecular weight is 507 g/mol. The molecule has 0 bridgehead atoms. The van der Waals surface area contributed by atoms with Crippen molar-refractivity contribution in [3.63, 3.8) is 0 Å². The van der Waals surface area contributed by atoms with Crippen molar-refractivity contribution in [1.29, 1.82) is 0 Å². The SMILES string of the molecule is CO/C=C(/C(=O)OC)c1ccccc1COc1ccccc1C(=O)/C=C/c1cccc(Br)c1. The Bertz CT molecular complexity index is 1200. The zero-order valence-corrected chi connectivity index (χ0v) is 19.9. The molecule has 5 nitrogen and oxygen atoms in total. The molecule has 0 aliphatic heterocycles. The van der Waals surface area contributed by atoms with Gasteiger partial charge in [0.15, 0.2) is 5.78 Å². The lowest BCUT2D eigenvalue weighted by Gasteiger charge is -2.14. The Morgan fingerprint density at radius 3 is 2.36 bits per heavy atom. The van der Waals surface area contributed by atoms with Crippen LogP contribution < -0.4 is 4.74 Å². The maximum absolute atomic E-state index is 12.9. The van der Waals surface area contributed by atoms with Crippen LogP contribution in [0.3, 0.4) is 0 Å². The summed E-state index contributed by atoms with van der Waals surface area (Å²) in [4.78, 5) is 25.1. The van der Waals surface area contributed by atoms with Gasteiger partial charge in [-0.15, -0.1) is 0 Å². The first-order valence-corrected chi connectivity index (χ1v) is 10.9. The topological polar surface area (TPSA) is 61.8 Å². The van der Waals surface area contributed by atoms with Crippen molar-refractivity contribution >= 4 is 39.3 Å². The van der Waals surface area contributed by atoms with Crippen LogP contribution in [0.4, 0.5) is 0 Å². The third-order valence-electron chi connectivity index (χ3n) is 4.76. The molecule has 3 aromatic carbocycles. The van der Waals surface area contributed by atoms with Crippen LogP contribution in [0.1, 0.15) is 27.0 Å². The van der Waals surface area contributed by atoms with E-state index in [1.165, 1.54) is 26.6 Å². The van der Waals surface area contributed by atoms with Gasteiger partial charge in [0.2, 0.25) is 0 Å². The second-order valence-corrected chi connectivity index (χ2v) is 7.87. The molecule has 3 rings (SSSR count). The number of allylic oxidation sites excluding steroid dienone is 1. The molecular formula is C27H23BrO5. The Labute approximate surface area is 201 Å². The largest absolute Gasteiger partial charge is 0.503 e. The van der Waals surface area contributed by atoms with Crippen molar-refractivity contribution < 1.29 is 23.8 Å². The highest BCUT2D eigenvalue weighted by Gasteiger charge is 2.17. The Morgan fingerprint density at radius 2 is 1.64 bits per heavy atom. The number of benzene rings is 3. The standard InChI is InChI=1S/C27H23BrO5/c1-31-18-24(27(30)32-2)22-11-4-3-9-20(22)17-33-26-13-6-5-12-23(26)25(29)15-14-19-8-7-10-21(28)16-19/h3-16,18H,17H2,1-2H3/b15-14+,24-18+. The highest BCUT2D eigenvalue weighted by Crippen LogP contribution is 2.25. The van der Waals surface area contributed by atoms with E-state index >= 15 is 0 Å². The Balaban J connectivity index is 1.82. The van der Waals surface area contributed by atoms with Gasteiger partial charge >= 0.3 is 5.97 Å². The van der Waals surface area contributed by atoms with Gasteiger partial charge in [-0.2, -0.15) is 0 Å². The number of esters is 1. The van der Waals surface area contributed by atoms with Gasteiger partial charge in [0.05, 0.1) is 26.0 Å². The van der Waals surface area contributed by atoms with Crippen LogP contribution in [0.5, 0.6) is 5.75 Å². The van der Waals surface area contributed by atoms with Gasteiger partial charge in [-0.1, -0.05) is 70.5 Å². The van der Waals surface area contributed by atoms with Crippen molar-refractivity contribution in [3.05, 3.63) is 112 Å². The number of hydrogen-bond donors (Lipinski definition) is 0. The van der Waals surface area contributed by atoms with E-state index < -0.39 is 5.97 Å². The van der Waals surface area contributed by atoms with Crippen LogP contribution in [0.2, 0.25) is 0 Å². The van der Waals surface area contributed by atoms with Gasteiger partial charge in [-0.25, -0.2) is 4.79 Å². The lowest BCUT2D eigenvalue weighted by atomic mass is 10.0. The zero-order chi connectivity index (χ0) is 23.6. The fourth-order valence-electron chi connectivity index (χ4n) is 3.18. The predicted molar refractivity (Wildman–Crippen MR) is 132 cm³/mol. The summed E-state index contributed by atoms with van der Waals surface area (Å²) in [6, 6.07) is 22.0. The molecule has 3 aromatic rings. The molecule has 0 unspecified atom stereocenters. The first-order valence-electron chi connectivity index (χ1n) is 10.1. The minimum absolute atomic E-state index is 0.147. The average Bonchev–Trinajstić information content (AvgIpc) is 2.84. The number of halogens is 1. The molecule has 0 spiro atoms. The summed E-state index contributed by atoms with van der Waals surface area (Å²) >= 11 is 3.43. The van der Waals surface area contributed by atoms with Crippen LogP contribution in [0.15, 0.2) is 89.6 Å². The Morgan fingerprint density at radius 1 is 0.909 bits per heavy atom. The lowest BCUT2D eigenvalue weighted by molar-refractivity contribution is -0.133. The quantitative estimate of drug-likeness (QED) is 0.152. The van der Waals surface area contributed by atoms with Crippen molar-refractivity contribution in [2.24, 2.45) is 0 Å². The van der Waals surface area contributed by atoms with Gasteiger partial charge < -0.3 is 14.2 Å². The van der Waals surface area contributed by atoms with Gasteiger partial charge in [-0.3, -0.25) is 4.79 Å². The van der Waals surface area contributed by atoms with Gasteiger partial charge in [0, 0.05) is 4.47 Å². The summed E-state index contributed by atoms with van der Waals surface area (Å²) < 4.78 is 16.9. The second kappa shape index (κ2) is 11.8. The van der Waals surface area contributed by atoms with Crippen LogP contribution in [-0.4, -0.2) is 26.0 Å². The number of ketones is 1. The fourth-order valence-corrected chi connectivity index (χ4v) is 3.60. The highest BCUT2D eigenvalue weighted by molar-refractivity contribution is 9.10. The number of hydrogen-bond acceptors (Lipinski definition) is 5. The normalized spacial score (nSPS) is 11.3. The molecule has 0 atom stereocenters. The fraction of sp³-hybridized carbons (Fsp3) is 0.111. The first kappa shape index (κ1) is 24.0. The molecule has 0 aliphatic carbocycles. The molecule has 0 N–H and O–H groups in total. The number of carbonyl (C=O) groups excluding carboxylic acids is 2. The molecule has 0 saturated carbocycles. The molecule has 0 aromatic heterocycles. The van der Waals surface area contributed by atoms with E-state index in [0.29, 0.717) is 16.9 Å². The maximum atomic E-state index is 12.9. The smallest absolute Gasteiger partial charge is 0.341 e. The van der Waals surface area contributed by atoms with E-state index in [2.05, 4.69) is 15.9 Å².